The SMILES string of the molecule is O=c1c2ccccc2nc2n1CC(O)c1c-2[nH]c2cc(O)ccc12. The molecule has 0 amide bonds. The molecule has 3 N–H and O–H groups in total. The molecule has 0 spiro atoms. The molecule has 0 aliphatic carbocycles. The van der Waals surface area contributed by atoms with Gasteiger partial charge in [0.15, 0.2) is 5.82 Å². The molecule has 0 bridgehead atoms. The van der Waals surface area contributed by atoms with Crippen LogP contribution in [0.25, 0.3) is 33.3 Å². The van der Waals surface area contributed by atoms with Gasteiger partial charge in [0.1, 0.15) is 5.75 Å². The first kappa shape index (κ1) is 13.3. The van der Waals surface area contributed by atoms with E-state index in [2.05, 4.69) is 9.97 Å². The predicted octanol–water partition coefficient (Wildman–Crippen LogP) is 2.30. The van der Waals surface area contributed by atoms with Gasteiger partial charge in [0.05, 0.1) is 34.8 Å². The average molecular weight is 319 g/mol. The Kier molecular flexibility index (Phi) is 2.47. The quantitative estimate of drug-likeness (QED) is 0.464. The molecule has 3 heterocycles. The number of nitrogens with zero attached hydrogens (tertiary/aromatic N) is 2. The van der Waals surface area contributed by atoms with Crippen LogP contribution in [0.5, 0.6) is 5.75 Å². The number of aliphatic hydroxyl groups excluding tert-OH is 1. The average Bonchev–Trinajstić information content (AvgIpc) is 2.95. The van der Waals surface area contributed by atoms with Gasteiger partial charge in [-0.3, -0.25) is 9.36 Å². The fraction of sp³-hybridized carbons (Fsp3) is 0.111. The van der Waals surface area contributed by atoms with Gasteiger partial charge in [-0.25, -0.2) is 4.98 Å². The highest BCUT2D eigenvalue weighted by Crippen LogP contribution is 2.39. The van der Waals surface area contributed by atoms with Crippen LogP contribution in [0.3, 0.4) is 0 Å². The van der Waals surface area contributed by atoms with E-state index in [0.717, 1.165) is 5.39 Å². The summed E-state index contributed by atoms with van der Waals surface area (Å²) < 4.78 is 1.50. The van der Waals surface area contributed by atoms with Gasteiger partial charge in [-0.1, -0.05) is 12.1 Å². The number of para-hydroxylation sites is 1. The molecule has 6 nitrogen and oxygen atoms in total. The molecule has 6 heteroatoms. The van der Waals surface area contributed by atoms with Crippen molar-refractivity contribution >= 4 is 21.8 Å². The van der Waals surface area contributed by atoms with Crippen LogP contribution in [0.1, 0.15) is 11.7 Å². The topological polar surface area (TPSA) is 91.1 Å². The van der Waals surface area contributed by atoms with Gasteiger partial charge in [0.25, 0.3) is 5.56 Å². The minimum Gasteiger partial charge on any atom is -0.508 e. The van der Waals surface area contributed by atoms with Gasteiger partial charge < -0.3 is 15.2 Å². The second-order valence-electron chi connectivity index (χ2n) is 6.03. The van der Waals surface area contributed by atoms with E-state index in [1.54, 1.807) is 36.4 Å². The predicted molar refractivity (Wildman–Crippen MR) is 89.9 cm³/mol. The molecule has 24 heavy (non-hydrogen) atoms. The fourth-order valence-corrected chi connectivity index (χ4v) is 3.52. The van der Waals surface area contributed by atoms with Crippen molar-refractivity contribution < 1.29 is 10.2 Å². The lowest BCUT2D eigenvalue weighted by Crippen LogP contribution is -2.29. The van der Waals surface area contributed by atoms with Crippen LogP contribution < -0.4 is 5.56 Å². The molecule has 118 valence electrons. The van der Waals surface area contributed by atoms with Crippen molar-refractivity contribution in [1.82, 2.24) is 14.5 Å². The summed E-state index contributed by atoms with van der Waals surface area (Å²) in [5, 5.41) is 21.6. The van der Waals surface area contributed by atoms with Crippen LogP contribution in [0.15, 0.2) is 47.3 Å². The Balaban J connectivity index is 1.93. The summed E-state index contributed by atoms with van der Waals surface area (Å²) in [6, 6.07) is 12.1. The molecule has 0 saturated carbocycles. The van der Waals surface area contributed by atoms with Crippen molar-refractivity contribution in [2.45, 2.75) is 12.6 Å². The summed E-state index contributed by atoms with van der Waals surface area (Å²) in [5.41, 5.74) is 2.50. The number of hydrogen-bond acceptors (Lipinski definition) is 4. The van der Waals surface area contributed by atoms with Gasteiger partial charge in [-0.2, -0.15) is 0 Å². The Morgan fingerprint density at radius 2 is 2.00 bits per heavy atom. The number of hydrogen-bond donors (Lipinski definition) is 3. The molecule has 2 aromatic carbocycles. The highest BCUT2D eigenvalue weighted by atomic mass is 16.3. The van der Waals surface area contributed by atoms with E-state index in [-0.39, 0.29) is 17.9 Å². The summed E-state index contributed by atoms with van der Waals surface area (Å²) in [7, 11) is 0. The van der Waals surface area contributed by atoms with Gasteiger partial charge in [0.2, 0.25) is 0 Å². The summed E-state index contributed by atoms with van der Waals surface area (Å²) in [6.45, 7) is 0.160. The van der Waals surface area contributed by atoms with Crippen molar-refractivity contribution in [3.05, 3.63) is 58.4 Å². The minimum atomic E-state index is -0.813. The molecular weight excluding hydrogens is 306 g/mol. The number of benzene rings is 2. The maximum absolute atomic E-state index is 12.8. The third-order valence-corrected chi connectivity index (χ3v) is 4.60. The molecule has 5 rings (SSSR count). The van der Waals surface area contributed by atoms with Crippen molar-refractivity contribution in [2.24, 2.45) is 0 Å². The second kappa shape index (κ2) is 4.46. The molecule has 4 aromatic rings. The number of nitrogens with one attached hydrogen (secondary N) is 1. The van der Waals surface area contributed by atoms with Crippen LogP contribution in [0.4, 0.5) is 0 Å². The van der Waals surface area contributed by atoms with Crippen LogP contribution in [0, 0.1) is 0 Å². The lowest BCUT2D eigenvalue weighted by atomic mass is 10.0. The van der Waals surface area contributed by atoms with Crippen molar-refractivity contribution in [3.8, 4) is 17.3 Å². The van der Waals surface area contributed by atoms with Gasteiger partial charge >= 0.3 is 0 Å². The van der Waals surface area contributed by atoms with Gasteiger partial charge in [-0.05, 0) is 24.3 Å². The number of aliphatic hydroxyl groups is 1. The zero-order valence-electron chi connectivity index (χ0n) is 12.5. The zero-order chi connectivity index (χ0) is 16.4. The van der Waals surface area contributed by atoms with E-state index in [1.165, 1.54) is 4.57 Å². The molecule has 1 unspecified atom stereocenters. The molecule has 0 radical (unpaired) electrons. The summed E-state index contributed by atoms with van der Waals surface area (Å²) in [6.07, 6.45) is -0.813. The van der Waals surface area contributed by atoms with Gasteiger partial charge in [0, 0.05) is 17.0 Å². The number of aromatic amines is 1. The van der Waals surface area contributed by atoms with Crippen LogP contribution in [0.2, 0.25) is 0 Å². The zero-order valence-corrected chi connectivity index (χ0v) is 12.5. The smallest absolute Gasteiger partial charge is 0.261 e. The maximum Gasteiger partial charge on any atom is 0.261 e. The van der Waals surface area contributed by atoms with E-state index in [9.17, 15) is 15.0 Å². The number of aromatic nitrogens is 3. The number of phenolic OH excluding ortho intramolecular Hbond substituents is 1. The third kappa shape index (κ3) is 1.63. The summed E-state index contributed by atoms with van der Waals surface area (Å²) in [4.78, 5) is 20.6. The largest absolute Gasteiger partial charge is 0.508 e. The lowest BCUT2D eigenvalue weighted by molar-refractivity contribution is 0.153. The molecule has 1 aliphatic rings. The van der Waals surface area contributed by atoms with Crippen LogP contribution in [-0.2, 0) is 6.54 Å². The summed E-state index contributed by atoms with van der Waals surface area (Å²) in [5.74, 6) is 0.647. The maximum atomic E-state index is 12.8. The highest BCUT2D eigenvalue weighted by Gasteiger charge is 2.29. The Labute approximate surface area is 135 Å². The van der Waals surface area contributed by atoms with E-state index >= 15 is 0 Å². The van der Waals surface area contributed by atoms with E-state index in [4.69, 9.17) is 0 Å². The lowest BCUT2D eigenvalue weighted by Gasteiger charge is -2.23. The Hall–Kier alpha value is -3.12. The van der Waals surface area contributed by atoms with Crippen molar-refractivity contribution in [3.63, 3.8) is 0 Å². The normalized spacial score (nSPS) is 16.3. The number of aromatic hydroxyl groups is 1. The van der Waals surface area contributed by atoms with Crippen LogP contribution in [-0.4, -0.2) is 24.7 Å². The number of rotatable bonds is 0. The first-order chi connectivity index (χ1) is 11.6. The standard InChI is InChI=1S/C18H13N3O3/c22-9-5-6-10-13(7-9)19-16-15(10)14(23)8-21-17(16)20-12-4-2-1-3-11(12)18(21)24/h1-7,14,19,22-23H,8H2. The molecule has 0 saturated heterocycles. The Morgan fingerprint density at radius 3 is 2.88 bits per heavy atom. The van der Waals surface area contributed by atoms with Crippen LogP contribution >= 0.6 is 0 Å². The molecule has 0 fully saturated rings. The van der Waals surface area contributed by atoms with Crippen molar-refractivity contribution in [1.29, 1.82) is 0 Å². The van der Waals surface area contributed by atoms with E-state index in [0.29, 0.717) is 33.5 Å². The van der Waals surface area contributed by atoms with E-state index < -0.39 is 6.10 Å². The molecule has 1 aliphatic heterocycles. The molecular formula is C18H13N3O3. The Morgan fingerprint density at radius 1 is 1.17 bits per heavy atom. The van der Waals surface area contributed by atoms with E-state index in [1.807, 2.05) is 6.07 Å². The monoisotopic (exact) mass is 319 g/mol. The molecule has 1 atom stereocenters. The Bertz CT molecular complexity index is 1190. The fourth-order valence-electron chi connectivity index (χ4n) is 3.52. The number of H-pyrrole nitrogens is 1. The summed E-state index contributed by atoms with van der Waals surface area (Å²) >= 11 is 0. The van der Waals surface area contributed by atoms with Crippen molar-refractivity contribution in [2.75, 3.05) is 0 Å². The minimum absolute atomic E-state index is 0.138. The van der Waals surface area contributed by atoms with Gasteiger partial charge in [-0.15, -0.1) is 0 Å². The second-order valence-corrected chi connectivity index (χ2v) is 6.03. The first-order valence-corrected chi connectivity index (χ1v) is 7.66. The molecule has 2 aromatic heterocycles. The first-order valence-electron chi connectivity index (χ1n) is 7.66. The highest BCUT2D eigenvalue weighted by molar-refractivity contribution is 5.92. The number of fused-ring (bicyclic) bond motifs is 6. The third-order valence-electron chi connectivity index (χ3n) is 4.60. The number of phenols is 1.